The fourth-order valence-corrected chi connectivity index (χ4v) is 2.71. The topological polar surface area (TPSA) is 33.2 Å². The largest absolute Gasteiger partial charge is 0.342 e. The van der Waals surface area contributed by atoms with Crippen LogP contribution in [-0.2, 0) is 11.2 Å². The second kappa shape index (κ2) is 5.45. The average Bonchev–Trinajstić information content (AvgIpc) is 2.85. The number of fused-ring (bicyclic) bond motifs is 1. The van der Waals surface area contributed by atoms with E-state index in [4.69, 9.17) is 0 Å². The van der Waals surface area contributed by atoms with E-state index in [9.17, 15) is 4.79 Å². The Hall–Kier alpha value is -2.16. The Morgan fingerprint density at radius 1 is 1.40 bits per heavy atom. The van der Waals surface area contributed by atoms with Crippen molar-refractivity contribution < 1.29 is 4.79 Å². The SMILES string of the molecule is C=CC1CC(=O)N(CCc2ccc3cccnc3c2)C1. The lowest BCUT2D eigenvalue weighted by Crippen LogP contribution is -2.27. The van der Waals surface area contributed by atoms with Crippen LogP contribution in [0.25, 0.3) is 10.9 Å². The van der Waals surface area contributed by atoms with Gasteiger partial charge >= 0.3 is 0 Å². The Labute approximate surface area is 118 Å². The Kier molecular flexibility index (Phi) is 3.50. The number of aromatic nitrogens is 1. The molecule has 3 nitrogen and oxygen atoms in total. The third-order valence-corrected chi connectivity index (χ3v) is 3.92. The van der Waals surface area contributed by atoms with Crippen molar-refractivity contribution in [3.63, 3.8) is 0 Å². The van der Waals surface area contributed by atoms with Crippen molar-refractivity contribution in [2.45, 2.75) is 12.8 Å². The van der Waals surface area contributed by atoms with Crippen LogP contribution in [0, 0.1) is 5.92 Å². The molecule has 0 spiro atoms. The van der Waals surface area contributed by atoms with E-state index in [0.29, 0.717) is 12.3 Å². The van der Waals surface area contributed by atoms with Gasteiger partial charge in [-0.15, -0.1) is 6.58 Å². The number of carbonyl (C=O) groups is 1. The molecule has 1 atom stereocenters. The zero-order chi connectivity index (χ0) is 13.9. The molecule has 0 N–H and O–H groups in total. The van der Waals surface area contributed by atoms with Crippen LogP contribution in [0.4, 0.5) is 0 Å². The minimum Gasteiger partial charge on any atom is -0.342 e. The van der Waals surface area contributed by atoms with E-state index in [1.54, 1.807) is 0 Å². The molecule has 3 heteroatoms. The van der Waals surface area contributed by atoms with Crippen LogP contribution in [-0.4, -0.2) is 28.9 Å². The van der Waals surface area contributed by atoms with Gasteiger partial charge in [-0.3, -0.25) is 9.78 Å². The number of pyridine rings is 1. The normalized spacial score (nSPS) is 18.7. The number of rotatable bonds is 4. The molecule has 0 aliphatic carbocycles. The number of amides is 1. The molecule has 1 fully saturated rings. The average molecular weight is 266 g/mol. The molecule has 1 saturated heterocycles. The van der Waals surface area contributed by atoms with Crippen molar-refractivity contribution in [3.05, 3.63) is 54.7 Å². The third kappa shape index (κ3) is 2.57. The first-order chi connectivity index (χ1) is 9.76. The summed E-state index contributed by atoms with van der Waals surface area (Å²) in [5.74, 6) is 0.564. The Morgan fingerprint density at radius 3 is 3.10 bits per heavy atom. The number of hydrogen-bond acceptors (Lipinski definition) is 2. The molecule has 0 bridgehead atoms. The highest BCUT2D eigenvalue weighted by Crippen LogP contribution is 2.19. The van der Waals surface area contributed by atoms with E-state index >= 15 is 0 Å². The predicted molar refractivity (Wildman–Crippen MR) is 80.3 cm³/mol. The standard InChI is InChI=1S/C17H18N2O/c1-2-13-11-17(20)19(12-13)9-7-14-5-6-15-4-3-8-18-16(15)10-14/h2-6,8,10,13H,1,7,9,11-12H2. The Balaban J connectivity index is 1.68. The fourth-order valence-electron chi connectivity index (χ4n) is 2.71. The molecule has 20 heavy (non-hydrogen) atoms. The second-order valence-electron chi connectivity index (χ2n) is 5.32. The zero-order valence-corrected chi connectivity index (χ0v) is 11.5. The van der Waals surface area contributed by atoms with Crippen LogP contribution in [0.2, 0.25) is 0 Å². The minimum atomic E-state index is 0.244. The summed E-state index contributed by atoms with van der Waals surface area (Å²) in [6, 6.07) is 10.3. The van der Waals surface area contributed by atoms with Gasteiger partial charge in [-0.1, -0.05) is 24.3 Å². The van der Waals surface area contributed by atoms with Crippen LogP contribution < -0.4 is 0 Å². The monoisotopic (exact) mass is 266 g/mol. The number of likely N-dealkylation sites (tertiary alicyclic amines) is 1. The number of benzene rings is 1. The van der Waals surface area contributed by atoms with E-state index < -0.39 is 0 Å². The zero-order valence-electron chi connectivity index (χ0n) is 11.5. The van der Waals surface area contributed by atoms with Crippen molar-refractivity contribution >= 4 is 16.8 Å². The summed E-state index contributed by atoms with van der Waals surface area (Å²) in [4.78, 5) is 18.2. The lowest BCUT2D eigenvalue weighted by molar-refractivity contribution is -0.127. The first-order valence-corrected chi connectivity index (χ1v) is 7.00. The van der Waals surface area contributed by atoms with Crippen molar-refractivity contribution in [3.8, 4) is 0 Å². The van der Waals surface area contributed by atoms with Crippen molar-refractivity contribution in [1.29, 1.82) is 0 Å². The van der Waals surface area contributed by atoms with Crippen LogP contribution in [0.15, 0.2) is 49.2 Å². The molecule has 2 heterocycles. The van der Waals surface area contributed by atoms with Gasteiger partial charge in [0.1, 0.15) is 0 Å². The highest BCUT2D eigenvalue weighted by atomic mass is 16.2. The Morgan fingerprint density at radius 2 is 2.30 bits per heavy atom. The molecule has 0 saturated carbocycles. The van der Waals surface area contributed by atoms with Gasteiger partial charge in [0.25, 0.3) is 0 Å². The molecule has 1 aliphatic rings. The van der Waals surface area contributed by atoms with Gasteiger partial charge in [0.05, 0.1) is 5.52 Å². The summed E-state index contributed by atoms with van der Waals surface area (Å²) in [5.41, 5.74) is 2.24. The molecule has 0 radical (unpaired) electrons. The molecular weight excluding hydrogens is 248 g/mol. The van der Waals surface area contributed by atoms with Crippen LogP contribution in [0.3, 0.4) is 0 Å². The van der Waals surface area contributed by atoms with Crippen molar-refractivity contribution in [2.24, 2.45) is 5.92 Å². The van der Waals surface area contributed by atoms with Crippen molar-refractivity contribution in [2.75, 3.05) is 13.1 Å². The number of nitrogens with zero attached hydrogens (tertiary/aromatic N) is 2. The van der Waals surface area contributed by atoms with Gasteiger partial charge in [-0.2, -0.15) is 0 Å². The van der Waals surface area contributed by atoms with E-state index in [2.05, 4.69) is 35.8 Å². The first kappa shape index (κ1) is 12.9. The highest BCUT2D eigenvalue weighted by molar-refractivity contribution is 5.79. The van der Waals surface area contributed by atoms with Gasteiger partial charge in [-0.05, 0) is 24.1 Å². The summed E-state index contributed by atoms with van der Waals surface area (Å²) in [7, 11) is 0. The minimum absolute atomic E-state index is 0.244. The molecule has 1 aromatic heterocycles. The number of hydrogen-bond donors (Lipinski definition) is 0. The lowest BCUT2D eigenvalue weighted by atomic mass is 10.1. The van der Waals surface area contributed by atoms with Gasteiger partial charge in [0, 0.05) is 37.0 Å². The molecule has 1 aliphatic heterocycles. The molecular formula is C17H18N2O. The summed E-state index contributed by atoms with van der Waals surface area (Å²) in [5, 5.41) is 1.15. The molecule has 1 aromatic carbocycles. The van der Waals surface area contributed by atoms with E-state index in [1.807, 2.05) is 23.2 Å². The highest BCUT2D eigenvalue weighted by Gasteiger charge is 2.26. The summed E-state index contributed by atoms with van der Waals surface area (Å²) in [6.45, 7) is 5.37. The maximum Gasteiger partial charge on any atom is 0.223 e. The van der Waals surface area contributed by atoms with E-state index in [0.717, 1.165) is 30.4 Å². The predicted octanol–water partition coefficient (Wildman–Crippen LogP) is 2.81. The summed E-state index contributed by atoms with van der Waals surface area (Å²) in [6.07, 6.45) is 5.19. The Bertz CT molecular complexity index is 650. The molecule has 1 amide bonds. The first-order valence-electron chi connectivity index (χ1n) is 7.00. The van der Waals surface area contributed by atoms with Crippen LogP contribution in [0.1, 0.15) is 12.0 Å². The van der Waals surface area contributed by atoms with E-state index in [-0.39, 0.29) is 5.91 Å². The smallest absolute Gasteiger partial charge is 0.223 e. The van der Waals surface area contributed by atoms with Gasteiger partial charge in [0.15, 0.2) is 0 Å². The van der Waals surface area contributed by atoms with E-state index in [1.165, 1.54) is 5.56 Å². The summed E-state index contributed by atoms with van der Waals surface area (Å²) < 4.78 is 0. The molecule has 1 unspecified atom stereocenters. The lowest BCUT2D eigenvalue weighted by Gasteiger charge is -2.16. The van der Waals surface area contributed by atoms with Crippen LogP contribution in [0.5, 0.6) is 0 Å². The maximum atomic E-state index is 11.8. The molecule has 102 valence electrons. The number of carbonyl (C=O) groups excluding carboxylic acids is 1. The van der Waals surface area contributed by atoms with Crippen molar-refractivity contribution in [1.82, 2.24) is 9.88 Å². The fraction of sp³-hybridized carbons (Fsp3) is 0.294. The summed E-state index contributed by atoms with van der Waals surface area (Å²) >= 11 is 0. The molecule has 2 aromatic rings. The second-order valence-corrected chi connectivity index (χ2v) is 5.32. The van der Waals surface area contributed by atoms with Gasteiger partial charge < -0.3 is 4.90 Å². The quantitative estimate of drug-likeness (QED) is 0.797. The third-order valence-electron chi connectivity index (χ3n) is 3.92. The molecule has 3 rings (SSSR count). The van der Waals surface area contributed by atoms with Crippen LogP contribution >= 0.6 is 0 Å². The van der Waals surface area contributed by atoms with Gasteiger partial charge in [0.2, 0.25) is 5.91 Å². The maximum absolute atomic E-state index is 11.8. The van der Waals surface area contributed by atoms with Gasteiger partial charge in [-0.25, -0.2) is 0 Å².